The van der Waals surface area contributed by atoms with E-state index in [0.717, 1.165) is 17.7 Å². The molecule has 0 atom stereocenters. The molecular weight excluding hydrogens is 1050 g/mol. The normalized spacial score (nSPS) is 12.0. The molecule has 2 aromatic heterocycles. The quantitative estimate of drug-likeness (QED) is 0.0590. The molecule has 11 aromatic rings. The maximum atomic E-state index is 16.5. The van der Waals surface area contributed by atoms with Gasteiger partial charge in [-0.15, -0.1) is 0 Å². The number of fused-ring (bicyclic) bond motifs is 6. The summed E-state index contributed by atoms with van der Waals surface area (Å²) in [5.74, 6) is -40.6. The monoisotopic (exact) mass is 1080 g/mol. The Morgan fingerprint density at radius 3 is 0.987 bits per heavy atom. The van der Waals surface area contributed by atoms with Crippen LogP contribution in [0, 0.1) is 93.1 Å². The zero-order chi connectivity index (χ0) is 55.5. The lowest BCUT2D eigenvalue weighted by Gasteiger charge is -2.18. The summed E-state index contributed by atoms with van der Waals surface area (Å²) in [4.78, 5) is 0. The van der Waals surface area contributed by atoms with Crippen molar-refractivity contribution in [2.24, 2.45) is 0 Å². The summed E-state index contributed by atoms with van der Waals surface area (Å²) < 4.78 is 252. The highest BCUT2D eigenvalue weighted by Crippen LogP contribution is 2.46. The lowest BCUT2D eigenvalue weighted by atomic mass is 9.91. The number of hydrogen-bond donors (Lipinski definition) is 0. The van der Waals surface area contributed by atoms with Gasteiger partial charge in [0.05, 0.1) is 43.6 Å². The zero-order valence-corrected chi connectivity index (χ0v) is 39.1. The summed E-state index contributed by atoms with van der Waals surface area (Å²) >= 11 is 0. The Kier molecular flexibility index (Phi) is 12.2. The van der Waals surface area contributed by atoms with E-state index in [9.17, 15) is 0 Å². The maximum absolute atomic E-state index is 16.5. The zero-order valence-electron chi connectivity index (χ0n) is 39.1. The van der Waals surface area contributed by atoms with Crippen molar-refractivity contribution in [1.29, 1.82) is 0 Å². The van der Waals surface area contributed by atoms with Crippen molar-refractivity contribution in [2.75, 3.05) is 0 Å². The van der Waals surface area contributed by atoms with E-state index in [1.807, 2.05) is 12.1 Å². The van der Waals surface area contributed by atoms with Crippen LogP contribution >= 0.6 is 0 Å². The predicted molar refractivity (Wildman–Crippen MR) is 265 cm³/mol. The summed E-state index contributed by atoms with van der Waals surface area (Å²) in [6.45, 7) is 7.59. The van der Waals surface area contributed by atoms with Crippen molar-refractivity contribution in [1.82, 2.24) is 9.13 Å². The summed E-state index contributed by atoms with van der Waals surface area (Å²) in [5.41, 5.74) is -4.82. The molecule has 388 valence electrons. The molecule has 0 fully saturated rings. The first-order valence-corrected chi connectivity index (χ1v) is 22.9. The van der Waals surface area contributed by atoms with Crippen molar-refractivity contribution >= 4 is 49.2 Å². The molecule has 0 aliphatic carbocycles. The Bertz CT molecular complexity index is 4160. The molecule has 78 heavy (non-hydrogen) atoms. The van der Waals surface area contributed by atoms with Crippen molar-refractivity contribution < 1.29 is 70.2 Å². The van der Waals surface area contributed by atoms with Crippen LogP contribution in [0.25, 0.3) is 105 Å². The van der Waals surface area contributed by atoms with E-state index in [1.165, 1.54) is 18.2 Å². The first kappa shape index (κ1) is 50.8. The molecule has 0 aliphatic rings. The molecule has 9 aromatic carbocycles. The van der Waals surface area contributed by atoms with Gasteiger partial charge in [-0.05, 0) is 104 Å². The first-order valence-electron chi connectivity index (χ1n) is 22.9. The second kappa shape index (κ2) is 18.8. The molecular formula is C60H26F16N2. The molecule has 0 radical (unpaired) electrons. The first-order chi connectivity index (χ1) is 37.3. The van der Waals surface area contributed by atoms with Gasteiger partial charge in [-0.2, -0.15) is 0 Å². The molecule has 0 spiro atoms. The molecule has 0 bridgehead atoms. The van der Waals surface area contributed by atoms with E-state index in [-0.39, 0.29) is 20.3 Å². The fraction of sp³-hybridized carbons (Fsp3) is 0. The van der Waals surface area contributed by atoms with Gasteiger partial charge in [-0.1, -0.05) is 98.1 Å². The van der Waals surface area contributed by atoms with Gasteiger partial charge in [0.2, 0.25) is 0 Å². The van der Waals surface area contributed by atoms with Gasteiger partial charge in [0.15, 0.2) is 93.1 Å². The summed E-state index contributed by atoms with van der Waals surface area (Å²) in [7, 11) is 0. The van der Waals surface area contributed by atoms with Crippen LogP contribution in [-0.4, -0.2) is 9.13 Å². The lowest BCUT2D eigenvalue weighted by molar-refractivity contribution is 0.416. The Labute approximate surface area is 428 Å². The number of allylic oxidation sites excluding steroid dienone is 4. The highest BCUT2D eigenvalue weighted by molar-refractivity contribution is 6.12. The fourth-order valence-corrected chi connectivity index (χ4v) is 9.92. The molecule has 2 nitrogen and oxygen atoms in total. The Balaban J connectivity index is 1.34. The van der Waals surface area contributed by atoms with Crippen molar-refractivity contribution in [3.63, 3.8) is 0 Å². The average molecular weight is 1080 g/mol. The molecule has 18 heteroatoms. The van der Waals surface area contributed by atoms with Gasteiger partial charge in [-0.3, -0.25) is 0 Å². The van der Waals surface area contributed by atoms with Crippen LogP contribution in [0.1, 0.15) is 5.56 Å². The summed E-state index contributed by atoms with van der Waals surface area (Å²) in [6.07, 6.45) is 4.71. The Morgan fingerprint density at radius 2 is 0.603 bits per heavy atom. The molecule has 11 rings (SSSR count). The number of rotatable bonds is 9. The van der Waals surface area contributed by atoms with E-state index in [4.69, 9.17) is 0 Å². The minimum absolute atomic E-state index is 0.0160. The largest absolute Gasteiger partial charge is 0.303 e. The molecule has 0 aliphatic heterocycles. The summed E-state index contributed by atoms with van der Waals surface area (Å²) in [6, 6.07) is 29.7. The van der Waals surface area contributed by atoms with Crippen LogP contribution < -0.4 is 0 Å². The number of benzene rings is 9. The fourth-order valence-electron chi connectivity index (χ4n) is 9.92. The molecule has 0 saturated carbocycles. The second-order valence-corrected chi connectivity index (χ2v) is 17.7. The van der Waals surface area contributed by atoms with Gasteiger partial charge < -0.3 is 9.13 Å². The van der Waals surface area contributed by atoms with E-state index in [0.29, 0.717) is 45.0 Å². The minimum Gasteiger partial charge on any atom is -0.303 e. The third-order valence-electron chi connectivity index (χ3n) is 13.4. The standard InChI is InChI=1S/C60H26F16N2/c1-3-10-25(4-2)27-13-8-15-29(17-27)31-19-32(30-16-9-14-28(18-30)26-11-6-5-7-12-26)21-33(20-31)34-22-35(77-57-37(41(61)45(65)49(69)53(57)73)38-42(62)46(66)50(70)54(74)58(38)77)24-36(23-34)78-59-39(43(63)47(67)51(71)55(59)75)40-44(64)48(68)52(72)56(76)60(40)78/h3-24H,1-2H2/b25-10+. The predicted octanol–water partition coefficient (Wildman–Crippen LogP) is 18.5. The second-order valence-electron chi connectivity index (χ2n) is 17.7. The van der Waals surface area contributed by atoms with Crippen LogP contribution in [0.2, 0.25) is 0 Å². The highest BCUT2D eigenvalue weighted by atomic mass is 19.2. The number of nitrogens with zero attached hydrogens (tertiary/aromatic N) is 2. The van der Waals surface area contributed by atoms with Gasteiger partial charge in [0, 0.05) is 11.4 Å². The van der Waals surface area contributed by atoms with Crippen LogP contribution in [0.5, 0.6) is 0 Å². The molecule has 2 heterocycles. The van der Waals surface area contributed by atoms with Crippen LogP contribution in [-0.2, 0) is 0 Å². The Hall–Kier alpha value is -9.32. The molecule has 0 unspecified atom stereocenters. The summed E-state index contributed by atoms with van der Waals surface area (Å²) in [5, 5.41) is -6.88. The average Bonchev–Trinajstić information content (AvgIpc) is 4.17. The van der Waals surface area contributed by atoms with E-state index < -0.39 is 148 Å². The number of aromatic nitrogens is 2. The topological polar surface area (TPSA) is 9.86 Å². The maximum Gasteiger partial charge on any atom is 0.199 e. The Morgan fingerprint density at radius 1 is 0.295 bits per heavy atom. The third-order valence-corrected chi connectivity index (χ3v) is 13.4. The van der Waals surface area contributed by atoms with Crippen molar-refractivity contribution in [2.45, 2.75) is 0 Å². The van der Waals surface area contributed by atoms with Gasteiger partial charge in [-0.25, -0.2) is 70.2 Å². The van der Waals surface area contributed by atoms with E-state index in [2.05, 4.69) is 13.2 Å². The lowest BCUT2D eigenvalue weighted by Crippen LogP contribution is -2.07. The van der Waals surface area contributed by atoms with Crippen molar-refractivity contribution in [3.05, 3.63) is 245 Å². The van der Waals surface area contributed by atoms with Gasteiger partial charge in [0.25, 0.3) is 0 Å². The molecule has 0 N–H and O–H groups in total. The van der Waals surface area contributed by atoms with Gasteiger partial charge >= 0.3 is 0 Å². The minimum atomic E-state index is -2.63. The van der Waals surface area contributed by atoms with Crippen LogP contribution in [0.15, 0.2) is 147 Å². The number of hydrogen-bond acceptors (Lipinski definition) is 0. The SMILES string of the molecule is C=C/C=C(\C=C)c1cccc(-c2cc(-c3cccc(-c4ccccc4)c3)cc(-c3cc(-n4c5c(F)c(F)c(F)c(F)c5c5c(F)c(F)c(F)c(F)c54)cc(-n4c5c(F)c(F)c(F)c(F)c5c5c(F)c(F)c(F)c(F)c54)c3)c2)c1. The smallest absolute Gasteiger partial charge is 0.199 e. The van der Waals surface area contributed by atoms with Crippen LogP contribution in [0.4, 0.5) is 70.2 Å². The van der Waals surface area contributed by atoms with Crippen LogP contribution in [0.3, 0.4) is 0 Å². The van der Waals surface area contributed by atoms with Gasteiger partial charge in [0.1, 0.15) is 0 Å². The molecule has 0 amide bonds. The molecule has 0 saturated heterocycles. The third kappa shape index (κ3) is 7.51. The highest BCUT2D eigenvalue weighted by Gasteiger charge is 2.36. The number of halogens is 16. The van der Waals surface area contributed by atoms with E-state index >= 15 is 70.2 Å². The van der Waals surface area contributed by atoms with Crippen molar-refractivity contribution in [3.8, 4) is 55.9 Å². The van der Waals surface area contributed by atoms with E-state index in [1.54, 1.807) is 84.9 Å².